The number of hydrogen-bond donors (Lipinski definition) is 2. The summed E-state index contributed by atoms with van der Waals surface area (Å²) in [5, 5.41) is 6.88. The first-order valence-electron chi connectivity index (χ1n) is 10.0. The molecule has 1 aliphatic rings. The van der Waals surface area contributed by atoms with Crippen molar-refractivity contribution in [3.05, 3.63) is 30.3 Å². The third kappa shape index (κ3) is 10.2. The zero-order valence-corrected chi connectivity index (χ0v) is 19.4. The van der Waals surface area contributed by atoms with Crippen molar-refractivity contribution in [2.24, 2.45) is 16.8 Å². The number of piperidine rings is 1. The van der Waals surface area contributed by atoms with E-state index in [1.165, 1.54) is 32.5 Å². The fourth-order valence-corrected chi connectivity index (χ4v) is 3.45. The Kier molecular flexibility index (Phi) is 12.5. The topological polar surface area (TPSA) is 48.9 Å². The number of rotatable bonds is 9. The second-order valence-corrected chi connectivity index (χ2v) is 7.56. The first kappa shape index (κ1) is 24.0. The van der Waals surface area contributed by atoms with Crippen LogP contribution in [0.1, 0.15) is 33.1 Å². The van der Waals surface area contributed by atoms with Gasteiger partial charge in [-0.25, -0.2) is 0 Å². The second-order valence-electron chi connectivity index (χ2n) is 7.56. The zero-order chi connectivity index (χ0) is 18.6. The van der Waals surface area contributed by atoms with E-state index in [4.69, 9.17) is 4.74 Å². The molecule has 5 nitrogen and oxygen atoms in total. The maximum atomic E-state index is 5.71. The Labute approximate surface area is 182 Å². The molecule has 1 heterocycles. The Morgan fingerprint density at radius 3 is 2.74 bits per heavy atom. The van der Waals surface area contributed by atoms with Gasteiger partial charge in [-0.1, -0.05) is 32.0 Å². The molecule has 1 aromatic rings. The molecule has 2 rings (SSSR count). The summed E-state index contributed by atoms with van der Waals surface area (Å²) in [5.41, 5.74) is 0. The van der Waals surface area contributed by atoms with Crippen LogP contribution in [0.2, 0.25) is 0 Å². The molecule has 1 fully saturated rings. The van der Waals surface area contributed by atoms with E-state index in [2.05, 4.69) is 34.4 Å². The van der Waals surface area contributed by atoms with Crippen molar-refractivity contribution < 1.29 is 4.74 Å². The molecule has 2 N–H and O–H groups in total. The van der Waals surface area contributed by atoms with Crippen LogP contribution in [0, 0.1) is 11.8 Å². The van der Waals surface area contributed by atoms with Crippen molar-refractivity contribution in [2.45, 2.75) is 33.1 Å². The van der Waals surface area contributed by atoms with E-state index in [1.54, 1.807) is 0 Å². The highest BCUT2D eigenvalue weighted by Crippen LogP contribution is 2.16. The van der Waals surface area contributed by atoms with E-state index in [0.29, 0.717) is 12.5 Å². The maximum Gasteiger partial charge on any atom is 0.190 e. The fourth-order valence-electron chi connectivity index (χ4n) is 3.45. The first-order chi connectivity index (χ1) is 12.7. The predicted molar refractivity (Wildman–Crippen MR) is 125 cm³/mol. The highest BCUT2D eigenvalue weighted by molar-refractivity contribution is 14.0. The standard InChI is InChI=1S/C21H36N4O.HI/c1-18(2)16-25-13-7-9-19(17-25)15-24-21(22-3)23-12-8-14-26-20-10-5-4-6-11-20;/h4-6,10-11,18-19H,7-9,12-17H2,1-3H3,(H2,22,23,24);1H. The van der Waals surface area contributed by atoms with Gasteiger partial charge in [0.25, 0.3) is 0 Å². The molecule has 1 saturated heterocycles. The SMILES string of the molecule is CN=C(NCCCOc1ccccc1)NCC1CCCN(CC(C)C)C1.I. The maximum absolute atomic E-state index is 5.71. The number of hydrogen-bond acceptors (Lipinski definition) is 3. The number of ether oxygens (including phenoxy) is 1. The number of para-hydroxylation sites is 1. The summed E-state index contributed by atoms with van der Waals surface area (Å²) < 4.78 is 5.71. The van der Waals surface area contributed by atoms with Crippen LogP contribution < -0.4 is 15.4 Å². The van der Waals surface area contributed by atoms with Gasteiger partial charge in [-0.2, -0.15) is 0 Å². The average molecular weight is 488 g/mol. The Bertz CT molecular complexity index is 524. The quantitative estimate of drug-likeness (QED) is 0.241. The van der Waals surface area contributed by atoms with Gasteiger partial charge in [-0.05, 0) is 49.8 Å². The number of guanidine groups is 1. The van der Waals surface area contributed by atoms with E-state index in [-0.39, 0.29) is 24.0 Å². The van der Waals surface area contributed by atoms with Crippen molar-refractivity contribution in [3.8, 4) is 5.75 Å². The number of nitrogens with one attached hydrogen (secondary N) is 2. The van der Waals surface area contributed by atoms with Crippen LogP contribution in [0.3, 0.4) is 0 Å². The zero-order valence-electron chi connectivity index (χ0n) is 17.1. The molecule has 27 heavy (non-hydrogen) atoms. The molecule has 1 aliphatic heterocycles. The monoisotopic (exact) mass is 488 g/mol. The Morgan fingerprint density at radius 1 is 1.26 bits per heavy atom. The average Bonchev–Trinajstić information content (AvgIpc) is 2.64. The van der Waals surface area contributed by atoms with Crippen molar-refractivity contribution in [2.75, 3.05) is 46.4 Å². The lowest BCUT2D eigenvalue weighted by Crippen LogP contribution is -2.45. The van der Waals surface area contributed by atoms with E-state index >= 15 is 0 Å². The van der Waals surface area contributed by atoms with Gasteiger partial charge in [-0.15, -0.1) is 24.0 Å². The van der Waals surface area contributed by atoms with Crippen LogP contribution in [0.25, 0.3) is 0 Å². The highest BCUT2D eigenvalue weighted by atomic mass is 127. The molecular formula is C21H37IN4O. The Morgan fingerprint density at radius 2 is 2.04 bits per heavy atom. The van der Waals surface area contributed by atoms with Gasteiger partial charge in [0, 0.05) is 33.2 Å². The minimum Gasteiger partial charge on any atom is -0.494 e. The minimum absolute atomic E-state index is 0. The third-order valence-electron chi connectivity index (χ3n) is 4.63. The number of likely N-dealkylation sites (tertiary alicyclic amines) is 1. The Balaban J connectivity index is 0.00000364. The van der Waals surface area contributed by atoms with Gasteiger partial charge in [-0.3, -0.25) is 4.99 Å². The predicted octanol–water partition coefficient (Wildman–Crippen LogP) is 3.61. The fraction of sp³-hybridized carbons (Fsp3) is 0.667. The lowest BCUT2D eigenvalue weighted by molar-refractivity contribution is 0.159. The minimum atomic E-state index is 0. The molecular weight excluding hydrogens is 451 g/mol. The number of nitrogens with zero attached hydrogens (tertiary/aromatic N) is 2. The summed E-state index contributed by atoms with van der Waals surface area (Å²) in [6.45, 7) is 10.8. The molecule has 6 heteroatoms. The molecule has 0 aromatic heterocycles. The number of benzene rings is 1. The summed E-state index contributed by atoms with van der Waals surface area (Å²) in [4.78, 5) is 6.94. The van der Waals surface area contributed by atoms with Crippen LogP contribution in [0.15, 0.2) is 35.3 Å². The van der Waals surface area contributed by atoms with Crippen LogP contribution in [-0.4, -0.2) is 57.2 Å². The molecule has 0 amide bonds. The highest BCUT2D eigenvalue weighted by Gasteiger charge is 2.20. The van der Waals surface area contributed by atoms with Crippen molar-refractivity contribution >= 4 is 29.9 Å². The van der Waals surface area contributed by atoms with Crippen molar-refractivity contribution in [1.29, 1.82) is 0 Å². The van der Waals surface area contributed by atoms with Crippen LogP contribution >= 0.6 is 24.0 Å². The van der Waals surface area contributed by atoms with Crippen molar-refractivity contribution in [1.82, 2.24) is 15.5 Å². The molecule has 1 unspecified atom stereocenters. The molecule has 0 saturated carbocycles. The van der Waals surface area contributed by atoms with Crippen LogP contribution in [-0.2, 0) is 0 Å². The van der Waals surface area contributed by atoms with Crippen LogP contribution in [0.4, 0.5) is 0 Å². The molecule has 0 bridgehead atoms. The lowest BCUT2D eigenvalue weighted by Gasteiger charge is -2.34. The number of halogens is 1. The summed E-state index contributed by atoms with van der Waals surface area (Å²) in [7, 11) is 1.84. The lowest BCUT2D eigenvalue weighted by atomic mass is 9.97. The van der Waals surface area contributed by atoms with Gasteiger partial charge in [0.2, 0.25) is 0 Å². The second kappa shape index (κ2) is 14.0. The molecule has 0 spiro atoms. The molecule has 0 radical (unpaired) electrons. The van der Waals surface area contributed by atoms with Crippen LogP contribution in [0.5, 0.6) is 5.75 Å². The molecule has 1 atom stereocenters. The van der Waals surface area contributed by atoms with E-state index in [9.17, 15) is 0 Å². The van der Waals surface area contributed by atoms with Gasteiger partial charge < -0.3 is 20.3 Å². The summed E-state index contributed by atoms with van der Waals surface area (Å²) in [6.07, 6.45) is 3.56. The molecule has 1 aromatic carbocycles. The van der Waals surface area contributed by atoms with Crippen molar-refractivity contribution in [3.63, 3.8) is 0 Å². The summed E-state index contributed by atoms with van der Waals surface area (Å²) in [6, 6.07) is 9.96. The normalized spacial score (nSPS) is 18.1. The first-order valence-corrected chi connectivity index (χ1v) is 10.0. The molecule has 154 valence electrons. The smallest absolute Gasteiger partial charge is 0.190 e. The molecule has 0 aliphatic carbocycles. The van der Waals surface area contributed by atoms with E-state index in [0.717, 1.165) is 37.1 Å². The van der Waals surface area contributed by atoms with Gasteiger partial charge in [0.05, 0.1) is 6.61 Å². The number of aliphatic imine (C=N–C) groups is 1. The van der Waals surface area contributed by atoms with Gasteiger partial charge in [0.1, 0.15) is 5.75 Å². The summed E-state index contributed by atoms with van der Waals surface area (Å²) >= 11 is 0. The Hall–Kier alpha value is -1.02. The summed E-state index contributed by atoms with van der Waals surface area (Å²) in [5.74, 6) is 3.28. The van der Waals surface area contributed by atoms with E-state index in [1.807, 2.05) is 37.4 Å². The largest absolute Gasteiger partial charge is 0.494 e. The van der Waals surface area contributed by atoms with Gasteiger partial charge in [0.15, 0.2) is 5.96 Å². The van der Waals surface area contributed by atoms with E-state index < -0.39 is 0 Å². The van der Waals surface area contributed by atoms with Gasteiger partial charge >= 0.3 is 0 Å². The third-order valence-corrected chi connectivity index (χ3v) is 4.63.